The fraction of sp³-hybridized carbons (Fsp3) is 0.600. The van der Waals surface area contributed by atoms with E-state index in [4.69, 9.17) is 16.6 Å². The first-order valence-electron chi connectivity index (χ1n) is 2.91. The van der Waals surface area contributed by atoms with E-state index in [1.54, 1.807) is 0 Å². The fourth-order valence-corrected chi connectivity index (χ4v) is 0.877. The van der Waals surface area contributed by atoms with Crippen LogP contribution in [0, 0.1) is 4.84 Å². The summed E-state index contributed by atoms with van der Waals surface area (Å²) in [6.45, 7) is 0. The van der Waals surface area contributed by atoms with Gasteiger partial charge in [-0.05, 0) is 25.1 Å². The minimum atomic E-state index is 0.386. The monoisotopic (exact) mass is 142 g/mol. The van der Waals surface area contributed by atoms with Crippen LogP contribution in [0.4, 0.5) is 0 Å². The number of aromatic amines is 1. The topological polar surface area (TPSA) is 41.8 Å². The van der Waals surface area contributed by atoms with Crippen molar-refractivity contribution in [2.75, 3.05) is 0 Å². The van der Waals surface area contributed by atoms with E-state index < -0.39 is 0 Å². The molecule has 1 aliphatic carbocycles. The molecule has 1 aliphatic rings. The molecule has 3 nitrogen and oxygen atoms in total. The van der Waals surface area contributed by atoms with Gasteiger partial charge in [0.2, 0.25) is 5.89 Å². The summed E-state index contributed by atoms with van der Waals surface area (Å²) in [5, 5.41) is 6.47. The minimum absolute atomic E-state index is 0.386. The normalized spacial score (nSPS) is 18.2. The molecule has 1 heterocycles. The highest BCUT2D eigenvalue weighted by Gasteiger charge is 2.28. The molecule has 1 fully saturated rings. The van der Waals surface area contributed by atoms with E-state index in [9.17, 15) is 0 Å². The van der Waals surface area contributed by atoms with Gasteiger partial charge in [-0.15, -0.1) is 5.10 Å². The zero-order chi connectivity index (χ0) is 6.27. The van der Waals surface area contributed by atoms with Gasteiger partial charge in [0.25, 0.3) is 4.84 Å². The largest absolute Gasteiger partial charge is 0.414 e. The van der Waals surface area contributed by atoms with Crippen molar-refractivity contribution in [1.82, 2.24) is 10.2 Å². The zero-order valence-corrected chi connectivity index (χ0v) is 5.57. The lowest BCUT2D eigenvalue weighted by atomic mass is 10.4. The average Bonchev–Trinajstić information content (AvgIpc) is 2.58. The molecule has 4 heteroatoms. The zero-order valence-electron chi connectivity index (χ0n) is 4.76. The number of rotatable bonds is 1. The van der Waals surface area contributed by atoms with Gasteiger partial charge in [-0.3, -0.25) is 0 Å². The van der Waals surface area contributed by atoms with Gasteiger partial charge in [0.05, 0.1) is 0 Å². The van der Waals surface area contributed by atoms with E-state index in [-0.39, 0.29) is 0 Å². The Balaban J connectivity index is 2.38. The van der Waals surface area contributed by atoms with Gasteiger partial charge in [0, 0.05) is 5.92 Å². The van der Waals surface area contributed by atoms with Crippen LogP contribution in [0.3, 0.4) is 0 Å². The lowest BCUT2D eigenvalue weighted by Crippen LogP contribution is -1.75. The van der Waals surface area contributed by atoms with Crippen molar-refractivity contribution in [3.8, 4) is 0 Å². The van der Waals surface area contributed by atoms with Gasteiger partial charge >= 0.3 is 0 Å². The van der Waals surface area contributed by atoms with Gasteiger partial charge in [-0.1, -0.05) is 0 Å². The molecule has 0 atom stereocenters. The van der Waals surface area contributed by atoms with Crippen LogP contribution in [0.2, 0.25) is 0 Å². The van der Waals surface area contributed by atoms with Crippen molar-refractivity contribution in [3.63, 3.8) is 0 Å². The maximum Gasteiger partial charge on any atom is 0.284 e. The maximum absolute atomic E-state index is 5.06. The van der Waals surface area contributed by atoms with E-state index in [1.807, 2.05) is 0 Å². The van der Waals surface area contributed by atoms with Gasteiger partial charge < -0.3 is 4.42 Å². The van der Waals surface area contributed by atoms with E-state index in [2.05, 4.69) is 10.2 Å². The maximum atomic E-state index is 5.06. The molecular weight excluding hydrogens is 136 g/mol. The van der Waals surface area contributed by atoms with Crippen LogP contribution < -0.4 is 0 Å². The Morgan fingerprint density at radius 1 is 1.67 bits per heavy atom. The Labute approximate surface area is 57.1 Å². The summed E-state index contributed by atoms with van der Waals surface area (Å²) in [7, 11) is 0. The third kappa shape index (κ3) is 0.896. The van der Waals surface area contributed by atoms with E-state index >= 15 is 0 Å². The van der Waals surface area contributed by atoms with Crippen molar-refractivity contribution in [2.45, 2.75) is 18.8 Å². The Morgan fingerprint density at radius 3 is 2.89 bits per heavy atom. The van der Waals surface area contributed by atoms with Gasteiger partial charge in [-0.25, -0.2) is 5.10 Å². The van der Waals surface area contributed by atoms with E-state index in [0.717, 1.165) is 5.89 Å². The second kappa shape index (κ2) is 1.67. The lowest BCUT2D eigenvalue weighted by molar-refractivity contribution is 0.483. The van der Waals surface area contributed by atoms with Crippen LogP contribution in [0.15, 0.2) is 4.42 Å². The molecular formula is C5H6N2OS. The summed E-state index contributed by atoms with van der Waals surface area (Å²) < 4.78 is 5.06. The molecule has 0 aliphatic heterocycles. The molecule has 0 amide bonds. The molecule has 1 aromatic heterocycles. The van der Waals surface area contributed by atoms with Crippen LogP contribution >= 0.6 is 12.2 Å². The molecule has 1 aromatic rings. The molecule has 9 heavy (non-hydrogen) atoms. The first kappa shape index (κ1) is 5.17. The summed E-state index contributed by atoms with van der Waals surface area (Å²) in [4.78, 5) is 0.386. The first-order valence-corrected chi connectivity index (χ1v) is 3.32. The first-order chi connectivity index (χ1) is 4.36. The molecule has 0 bridgehead atoms. The average molecular weight is 142 g/mol. The van der Waals surface area contributed by atoms with Crippen LogP contribution in [0.1, 0.15) is 24.7 Å². The molecule has 1 saturated carbocycles. The Morgan fingerprint density at radius 2 is 2.44 bits per heavy atom. The Kier molecular flexibility index (Phi) is 0.958. The van der Waals surface area contributed by atoms with Crippen molar-refractivity contribution in [3.05, 3.63) is 10.7 Å². The standard InChI is InChI=1S/C5H6N2OS/c9-5-7-6-4(8-5)3-1-2-3/h3H,1-2H2,(H,7,9). The third-order valence-electron chi connectivity index (χ3n) is 1.38. The van der Waals surface area contributed by atoms with Crippen LogP contribution in [-0.4, -0.2) is 10.2 Å². The van der Waals surface area contributed by atoms with Gasteiger partial charge in [0.15, 0.2) is 0 Å². The molecule has 48 valence electrons. The Bertz CT molecular complexity index is 260. The number of H-pyrrole nitrogens is 1. The fourth-order valence-electron chi connectivity index (χ4n) is 0.746. The highest BCUT2D eigenvalue weighted by atomic mass is 32.1. The van der Waals surface area contributed by atoms with E-state index in [0.29, 0.717) is 10.8 Å². The summed E-state index contributed by atoms with van der Waals surface area (Å²) >= 11 is 4.70. The highest BCUT2D eigenvalue weighted by molar-refractivity contribution is 7.71. The number of aromatic nitrogens is 2. The van der Waals surface area contributed by atoms with Crippen molar-refractivity contribution in [1.29, 1.82) is 0 Å². The predicted octanol–water partition coefficient (Wildman–Crippen LogP) is 1.61. The third-order valence-corrected chi connectivity index (χ3v) is 1.56. The predicted molar refractivity (Wildman–Crippen MR) is 33.7 cm³/mol. The van der Waals surface area contributed by atoms with Crippen LogP contribution in [-0.2, 0) is 0 Å². The molecule has 0 unspecified atom stereocenters. The SMILES string of the molecule is S=c1[nH]nc(C2CC2)o1. The van der Waals surface area contributed by atoms with Crippen molar-refractivity contribution >= 4 is 12.2 Å². The number of hydrogen-bond donors (Lipinski definition) is 1. The van der Waals surface area contributed by atoms with Gasteiger partial charge in [0.1, 0.15) is 0 Å². The summed E-state index contributed by atoms with van der Waals surface area (Å²) in [6, 6.07) is 0. The van der Waals surface area contributed by atoms with Crippen LogP contribution in [0.5, 0.6) is 0 Å². The molecule has 0 saturated heterocycles. The quantitative estimate of drug-likeness (QED) is 0.606. The summed E-state index contributed by atoms with van der Waals surface area (Å²) in [6.07, 6.45) is 2.40. The van der Waals surface area contributed by atoms with Crippen LogP contribution in [0.25, 0.3) is 0 Å². The molecule has 0 radical (unpaired) electrons. The second-order valence-corrected chi connectivity index (χ2v) is 2.60. The van der Waals surface area contributed by atoms with Crippen molar-refractivity contribution < 1.29 is 4.42 Å². The van der Waals surface area contributed by atoms with Gasteiger partial charge in [-0.2, -0.15) is 0 Å². The van der Waals surface area contributed by atoms with E-state index in [1.165, 1.54) is 12.8 Å². The van der Waals surface area contributed by atoms with Crippen molar-refractivity contribution in [2.24, 2.45) is 0 Å². The Hall–Kier alpha value is -0.640. The number of nitrogens with zero attached hydrogens (tertiary/aromatic N) is 1. The molecule has 0 spiro atoms. The molecule has 2 rings (SSSR count). The smallest absolute Gasteiger partial charge is 0.284 e. The highest BCUT2D eigenvalue weighted by Crippen LogP contribution is 2.38. The number of hydrogen-bond acceptors (Lipinski definition) is 3. The summed E-state index contributed by atoms with van der Waals surface area (Å²) in [5.41, 5.74) is 0. The summed E-state index contributed by atoms with van der Waals surface area (Å²) in [5.74, 6) is 1.33. The number of nitrogens with one attached hydrogen (secondary N) is 1. The minimum Gasteiger partial charge on any atom is -0.414 e. The second-order valence-electron chi connectivity index (χ2n) is 2.23. The lowest BCUT2D eigenvalue weighted by Gasteiger charge is -1.78. The molecule has 0 aromatic carbocycles. The molecule has 1 N–H and O–H groups in total.